The molecule has 0 fully saturated rings. The highest BCUT2D eigenvalue weighted by atomic mass is 19.1. The molecule has 0 saturated heterocycles. The van der Waals surface area contributed by atoms with Crippen molar-refractivity contribution in [1.82, 2.24) is 29.8 Å². The van der Waals surface area contributed by atoms with Crippen LogP contribution in [0.4, 0.5) is 13.2 Å². The van der Waals surface area contributed by atoms with Gasteiger partial charge in [-0.3, -0.25) is 14.5 Å². The molecular weight excluding hydrogens is 532 g/mol. The van der Waals surface area contributed by atoms with E-state index in [1.807, 2.05) is 7.05 Å². The Morgan fingerprint density at radius 3 is 1.66 bits per heavy atom. The van der Waals surface area contributed by atoms with Crippen LogP contribution in [0.15, 0.2) is 103 Å². The standard InChI is InChI=1S/C10H10BFN2O2.C10H9FN2.C9H7FN2/c1-14-10(11(15)16)6-9(13-14)7-4-2-3-5-8(7)12;1-13-7-6-10(12-13)8-4-2-3-5-9(8)11;10-8-4-2-1-3-7(8)9-5-6-11-12-9/h2-6,15-16H,1H3;2-7H,1H3;1-6H,(H,11,12). The number of aryl methyl sites for hydroxylation is 2. The number of rotatable bonds is 4. The molecular formula is C29H26BF3N6O2. The molecule has 3 N–H and O–H groups in total. The van der Waals surface area contributed by atoms with Gasteiger partial charge in [0.25, 0.3) is 0 Å². The minimum Gasteiger partial charge on any atom is -0.422 e. The Balaban J connectivity index is 0.000000143. The highest BCUT2D eigenvalue weighted by Gasteiger charge is 2.19. The molecule has 3 aromatic heterocycles. The van der Waals surface area contributed by atoms with Gasteiger partial charge in [0.2, 0.25) is 0 Å². The Morgan fingerprint density at radius 1 is 0.683 bits per heavy atom. The largest absolute Gasteiger partial charge is 0.507 e. The Morgan fingerprint density at radius 2 is 1.22 bits per heavy atom. The van der Waals surface area contributed by atoms with Gasteiger partial charge in [0, 0.05) is 43.2 Å². The van der Waals surface area contributed by atoms with Crippen LogP contribution in [0.1, 0.15) is 0 Å². The van der Waals surface area contributed by atoms with Crippen LogP contribution in [0.25, 0.3) is 33.8 Å². The third-order valence-corrected chi connectivity index (χ3v) is 5.86. The molecule has 0 aliphatic rings. The third-order valence-electron chi connectivity index (χ3n) is 5.86. The van der Waals surface area contributed by atoms with Crippen molar-refractivity contribution in [2.75, 3.05) is 0 Å². The van der Waals surface area contributed by atoms with Crippen molar-refractivity contribution < 1.29 is 23.2 Å². The molecule has 0 spiro atoms. The molecule has 0 unspecified atom stereocenters. The molecule has 3 heterocycles. The van der Waals surface area contributed by atoms with E-state index >= 15 is 0 Å². The smallest absolute Gasteiger partial charge is 0.422 e. The molecule has 208 valence electrons. The Labute approximate surface area is 234 Å². The van der Waals surface area contributed by atoms with Crippen LogP contribution in [0.2, 0.25) is 0 Å². The van der Waals surface area contributed by atoms with Crippen LogP contribution in [-0.4, -0.2) is 46.9 Å². The number of nitrogens with one attached hydrogen (secondary N) is 1. The minimum absolute atomic E-state index is 0.221. The molecule has 0 atom stereocenters. The van der Waals surface area contributed by atoms with Gasteiger partial charge in [0.15, 0.2) is 0 Å². The second-order valence-corrected chi connectivity index (χ2v) is 8.74. The molecule has 0 aliphatic heterocycles. The number of aromatic amines is 1. The lowest BCUT2D eigenvalue weighted by Crippen LogP contribution is -2.35. The van der Waals surface area contributed by atoms with Crippen LogP contribution in [0, 0.1) is 17.5 Å². The molecule has 0 aliphatic carbocycles. The van der Waals surface area contributed by atoms with E-state index in [2.05, 4.69) is 20.4 Å². The van der Waals surface area contributed by atoms with E-state index in [1.165, 1.54) is 28.9 Å². The fourth-order valence-electron chi connectivity index (χ4n) is 3.84. The van der Waals surface area contributed by atoms with Gasteiger partial charge >= 0.3 is 7.12 Å². The molecule has 0 bridgehead atoms. The van der Waals surface area contributed by atoms with Crippen molar-refractivity contribution in [1.29, 1.82) is 0 Å². The lowest BCUT2D eigenvalue weighted by Gasteiger charge is -1.97. The van der Waals surface area contributed by atoms with Crippen LogP contribution < -0.4 is 5.59 Å². The summed E-state index contributed by atoms with van der Waals surface area (Å²) < 4.78 is 42.8. The van der Waals surface area contributed by atoms with Crippen molar-refractivity contribution in [3.8, 4) is 33.8 Å². The lowest BCUT2D eigenvalue weighted by molar-refractivity contribution is 0.421. The van der Waals surface area contributed by atoms with E-state index in [9.17, 15) is 13.2 Å². The first-order valence-electron chi connectivity index (χ1n) is 12.4. The van der Waals surface area contributed by atoms with Gasteiger partial charge in [-0.2, -0.15) is 15.3 Å². The van der Waals surface area contributed by atoms with Crippen LogP contribution >= 0.6 is 0 Å². The highest BCUT2D eigenvalue weighted by molar-refractivity contribution is 6.57. The van der Waals surface area contributed by atoms with Crippen LogP contribution in [0.3, 0.4) is 0 Å². The van der Waals surface area contributed by atoms with E-state index < -0.39 is 7.12 Å². The zero-order chi connectivity index (χ0) is 29.4. The van der Waals surface area contributed by atoms with Crippen molar-refractivity contribution in [3.63, 3.8) is 0 Å². The maximum absolute atomic E-state index is 13.4. The van der Waals surface area contributed by atoms with E-state index in [1.54, 1.807) is 90.9 Å². The summed E-state index contributed by atoms with van der Waals surface area (Å²) in [6, 6.07) is 24.4. The molecule has 0 amide bonds. The fourth-order valence-corrected chi connectivity index (χ4v) is 3.84. The van der Waals surface area contributed by atoms with Crippen LogP contribution in [-0.2, 0) is 14.1 Å². The van der Waals surface area contributed by atoms with E-state index in [0.717, 1.165) is 0 Å². The number of benzene rings is 3. The molecule has 0 saturated carbocycles. The number of halogens is 3. The molecule has 8 nitrogen and oxygen atoms in total. The average molecular weight is 558 g/mol. The number of aromatic nitrogens is 6. The summed E-state index contributed by atoms with van der Waals surface area (Å²) in [5.41, 5.74) is 3.40. The number of H-pyrrole nitrogens is 1. The predicted molar refractivity (Wildman–Crippen MR) is 151 cm³/mol. The van der Waals surface area contributed by atoms with Crippen molar-refractivity contribution in [2.24, 2.45) is 14.1 Å². The molecule has 3 aromatic carbocycles. The van der Waals surface area contributed by atoms with Gasteiger partial charge < -0.3 is 10.0 Å². The van der Waals surface area contributed by atoms with Crippen molar-refractivity contribution in [3.05, 3.63) is 121 Å². The van der Waals surface area contributed by atoms with Gasteiger partial charge in [0.05, 0.1) is 22.7 Å². The highest BCUT2D eigenvalue weighted by Crippen LogP contribution is 2.21. The Bertz CT molecular complexity index is 1700. The summed E-state index contributed by atoms with van der Waals surface area (Å²) in [4.78, 5) is 0. The molecule has 41 heavy (non-hydrogen) atoms. The summed E-state index contributed by atoms with van der Waals surface area (Å²) in [6.45, 7) is 0. The average Bonchev–Trinajstić information content (AvgIpc) is 3.72. The zero-order valence-corrected chi connectivity index (χ0v) is 22.2. The normalized spacial score (nSPS) is 10.3. The van der Waals surface area contributed by atoms with Gasteiger partial charge in [-0.25, -0.2) is 13.2 Å². The van der Waals surface area contributed by atoms with Crippen molar-refractivity contribution >= 4 is 12.7 Å². The monoisotopic (exact) mass is 558 g/mol. The maximum atomic E-state index is 13.4. The summed E-state index contributed by atoms with van der Waals surface area (Å²) in [6.07, 6.45) is 3.39. The summed E-state index contributed by atoms with van der Waals surface area (Å²) in [7, 11) is 1.77. The van der Waals surface area contributed by atoms with Gasteiger partial charge in [0.1, 0.15) is 17.5 Å². The minimum atomic E-state index is -1.61. The quantitative estimate of drug-likeness (QED) is 0.279. The van der Waals surface area contributed by atoms with E-state index in [-0.39, 0.29) is 23.0 Å². The first-order chi connectivity index (χ1) is 19.7. The second-order valence-electron chi connectivity index (χ2n) is 8.74. The summed E-state index contributed by atoms with van der Waals surface area (Å²) in [5.74, 6) is -0.859. The third kappa shape index (κ3) is 7.38. The van der Waals surface area contributed by atoms with Gasteiger partial charge in [-0.05, 0) is 54.6 Å². The predicted octanol–water partition coefficient (Wildman–Crippen LogP) is 4.35. The summed E-state index contributed by atoms with van der Waals surface area (Å²) >= 11 is 0. The van der Waals surface area contributed by atoms with E-state index in [0.29, 0.717) is 33.8 Å². The van der Waals surface area contributed by atoms with Crippen LogP contribution in [0.5, 0.6) is 0 Å². The Kier molecular flexibility index (Phi) is 9.51. The first kappa shape index (κ1) is 29.1. The molecule has 12 heteroatoms. The van der Waals surface area contributed by atoms with Crippen molar-refractivity contribution in [2.45, 2.75) is 0 Å². The van der Waals surface area contributed by atoms with E-state index in [4.69, 9.17) is 10.0 Å². The maximum Gasteiger partial charge on any atom is 0.507 e. The SMILES string of the molecule is Cn1ccc(-c2ccccc2F)n1.Cn1nc(-c2ccccc2F)cc1B(O)O.Fc1ccccc1-c1ccn[nH]1. The van der Waals surface area contributed by atoms with Gasteiger partial charge in [-0.15, -0.1) is 0 Å². The zero-order valence-electron chi connectivity index (χ0n) is 22.2. The topological polar surface area (TPSA) is 105 Å². The fraction of sp³-hybridized carbons (Fsp3) is 0.0690. The molecule has 0 radical (unpaired) electrons. The number of nitrogens with zero attached hydrogens (tertiary/aromatic N) is 5. The van der Waals surface area contributed by atoms with Gasteiger partial charge in [-0.1, -0.05) is 36.4 Å². The number of hydrogen-bond donors (Lipinski definition) is 3. The lowest BCUT2D eigenvalue weighted by atomic mass is 9.85. The number of hydrogen-bond acceptors (Lipinski definition) is 5. The summed E-state index contributed by atoms with van der Waals surface area (Å²) in [5, 5.41) is 32.7. The second kappa shape index (κ2) is 13.4. The molecule has 6 aromatic rings. The molecule has 6 rings (SSSR count). The first-order valence-corrected chi connectivity index (χ1v) is 12.4. The Hall–Kier alpha value is -4.94.